The molecular formula is C13H28O3Si. The van der Waals surface area contributed by atoms with Crippen LogP contribution in [-0.4, -0.2) is 38.8 Å². The molecular weight excluding hydrogens is 232 g/mol. The average molecular weight is 260 g/mol. The van der Waals surface area contributed by atoms with E-state index in [1.807, 2.05) is 0 Å². The summed E-state index contributed by atoms with van der Waals surface area (Å²) in [6.07, 6.45) is 3.36. The van der Waals surface area contributed by atoms with Gasteiger partial charge in [-0.2, -0.15) is 0 Å². The van der Waals surface area contributed by atoms with Crippen molar-refractivity contribution in [3.8, 4) is 0 Å². The SMILES string of the molecule is CC(C)(C)[Si](C)(C)OCC[C@H]1CC[C@H](CO)O1. The van der Waals surface area contributed by atoms with Gasteiger partial charge in [-0.25, -0.2) is 0 Å². The minimum atomic E-state index is -1.61. The van der Waals surface area contributed by atoms with Gasteiger partial charge in [0.05, 0.1) is 18.8 Å². The fourth-order valence-corrected chi connectivity index (χ4v) is 2.85. The van der Waals surface area contributed by atoms with E-state index in [1.54, 1.807) is 0 Å². The van der Waals surface area contributed by atoms with Crippen LogP contribution in [0.1, 0.15) is 40.0 Å². The van der Waals surface area contributed by atoms with Crippen molar-refractivity contribution in [2.45, 2.75) is 70.4 Å². The molecule has 102 valence electrons. The van der Waals surface area contributed by atoms with Crippen LogP contribution in [0.15, 0.2) is 0 Å². The highest BCUT2D eigenvalue weighted by atomic mass is 28.4. The second-order valence-electron chi connectivity index (χ2n) is 6.54. The van der Waals surface area contributed by atoms with Gasteiger partial charge in [-0.15, -0.1) is 0 Å². The summed E-state index contributed by atoms with van der Waals surface area (Å²) in [6.45, 7) is 12.3. The first-order valence-corrected chi connectivity index (χ1v) is 9.57. The Labute approximate surface area is 107 Å². The van der Waals surface area contributed by atoms with Crippen molar-refractivity contribution in [2.75, 3.05) is 13.2 Å². The van der Waals surface area contributed by atoms with Crippen LogP contribution in [0.25, 0.3) is 0 Å². The maximum Gasteiger partial charge on any atom is 0.191 e. The zero-order valence-corrected chi connectivity index (χ0v) is 13.0. The van der Waals surface area contributed by atoms with Crippen LogP contribution in [-0.2, 0) is 9.16 Å². The smallest absolute Gasteiger partial charge is 0.191 e. The zero-order chi connectivity index (χ0) is 13.1. The molecule has 1 rings (SSSR count). The summed E-state index contributed by atoms with van der Waals surface area (Å²) in [7, 11) is -1.61. The van der Waals surface area contributed by atoms with Gasteiger partial charge in [0.2, 0.25) is 0 Å². The van der Waals surface area contributed by atoms with Crippen LogP contribution < -0.4 is 0 Å². The number of hydrogen-bond acceptors (Lipinski definition) is 3. The van der Waals surface area contributed by atoms with Gasteiger partial charge in [0.1, 0.15) is 0 Å². The summed E-state index contributed by atoms with van der Waals surface area (Å²) >= 11 is 0. The molecule has 2 atom stereocenters. The second kappa shape index (κ2) is 5.82. The van der Waals surface area contributed by atoms with Crippen molar-refractivity contribution >= 4 is 8.32 Å². The molecule has 3 nitrogen and oxygen atoms in total. The monoisotopic (exact) mass is 260 g/mol. The average Bonchev–Trinajstić information content (AvgIpc) is 2.63. The van der Waals surface area contributed by atoms with Crippen molar-refractivity contribution in [1.82, 2.24) is 0 Å². The number of ether oxygens (including phenoxy) is 1. The molecule has 0 amide bonds. The first-order chi connectivity index (χ1) is 7.76. The van der Waals surface area contributed by atoms with Crippen molar-refractivity contribution in [3.63, 3.8) is 0 Å². The van der Waals surface area contributed by atoms with Gasteiger partial charge in [0.25, 0.3) is 0 Å². The van der Waals surface area contributed by atoms with Gasteiger partial charge < -0.3 is 14.3 Å². The van der Waals surface area contributed by atoms with Crippen LogP contribution in [0.2, 0.25) is 18.1 Å². The maximum atomic E-state index is 9.00. The number of aliphatic hydroxyl groups is 1. The van der Waals surface area contributed by atoms with Gasteiger partial charge in [0, 0.05) is 6.61 Å². The van der Waals surface area contributed by atoms with Gasteiger partial charge in [-0.3, -0.25) is 0 Å². The van der Waals surface area contributed by atoms with E-state index in [9.17, 15) is 0 Å². The van der Waals surface area contributed by atoms with E-state index < -0.39 is 8.32 Å². The molecule has 1 aliphatic rings. The molecule has 1 N–H and O–H groups in total. The first kappa shape index (κ1) is 15.2. The molecule has 0 spiro atoms. The molecule has 17 heavy (non-hydrogen) atoms. The Morgan fingerprint density at radius 2 is 1.82 bits per heavy atom. The Bertz CT molecular complexity index is 235. The van der Waals surface area contributed by atoms with Crippen molar-refractivity contribution in [3.05, 3.63) is 0 Å². The van der Waals surface area contributed by atoms with Crippen LogP contribution in [0.3, 0.4) is 0 Å². The highest BCUT2D eigenvalue weighted by Crippen LogP contribution is 2.36. The highest BCUT2D eigenvalue weighted by Gasteiger charge is 2.37. The highest BCUT2D eigenvalue weighted by molar-refractivity contribution is 6.74. The van der Waals surface area contributed by atoms with E-state index in [2.05, 4.69) is 33.9 Å². The van der Waals surface area contributed by atoms with E-state index in [-0.39, 0.29) is 23.9 Å². The molecule has 0 unspecified atom stereocenters. The Morgan fingerprint density at radius 1 is 1.24 bits per heavy atom. The standard InChI is InChI=1S/C13H28O3Si/c1-13(2,3)17(4,5)15-9-8-11-6-7-12(10-14)16-11/h11-12,14H,6-10H2,1-5H3/t11-,12-/m1/s1. The molecule has 0 aromatic carbocycles. The minimum Gasteiger partial charge on any atom is -0.417 e. The number of hydrogen-bond donors (Lipinski definition) is 1. The van der Waals surface area contributed by atoms with Crippen molar-refractivity contribution in [1.29, 1.82) is 0 Å². The van der Waals surface area contributed by atoms with E-state index in [4.69, 9.17) is 14.3 Å². The molecule has 1 aliphatic heterocycles. The van der Waals surface area contributed by atoms with E-state index >= 15 is 0 Å². The molecule has 0 bridgehead atoms. The Balaban J connectivity index is 2.25. The maximum absolute atomic E-state index is 9.00. The summed E-state index contributed by atoms with van der Waals surface area (Å²) in [6, 6.07) is 0. The van der Waals surface area contributed by atoms with Gasteiger partial charge in [-0.05, 0) is 37.4 Å². The predicted octanol–water partition coefficient (Wildman–Crippen LogP) is 2.94. The summed E-state index contributed by atoms with van der Waals surface area (Å²) < 4.78 is 11.8. The fraction of sp³-hybridized carbons (Fsp3) is 1.00. The lowest BCUT2D eigenvalue weighted by Crippen LogP contribution is -2.41. The van der Waals surface area contributed by atoms with Crippen LogP contribution in [0.5, 0.6) is 0 Å². The molecule has 0 radical (unpaired) electrons. The third-order valence-electron chi connectivity index (χ3n) is 4.11. The Kier molecular flexibility index (Phi) is 5.19. The molecule has 0 aliphatic carbocycles. The molecule has 0 aromatic rings. The third-order valence-corrected chi connectivity index (χ3v) is 8.65. The van der Waals surface area contributed by atoms with Crippen LogP contribution in [0.4, 0.5) is 0 Å². The zero-order valence-electron chi connectivity index (χ0n) is 12.0. The summed E-state index contributed by atoms with van der Waals surface area (Å²) in [4.78, 5) is 0. The fourth-order valence-electron chi connectivity index (χ4n) is 1.79. The molecule has 1 heterocycles. The molecule has 4 heteroatoms. The Morgan fingerprint density at radius 3 is 2.29 bits per heavy atom. The van der Waals surface area contributed by atoms with Gasteiger partial charge >= 0.3 is 0 Å². The topological polar surface area (TPSA) is 38.7 Å². The lowest BCUT2D eigenvalue weighted by atomic mass is 10.1. The quantitative estimate of drug-likeness (QED) is 0.772. The third kappa shape index (κ3) is 4.36. The first-order valence-electron chi connectivity index (χ1n) is 6.66. The largest absolute Gasteiger partial charge is 0.417 e. The van der Waals surface area contributed by atoms with E-state index in [0.29, 0.717) is 0 Å². The normalized spacial score (nSPS) is 26.5. The van der Waals surface area contributed by atoms with Crippen molar-refractivity contribution in [2.24, 2.45) is 0 Å². The van der Waals surface area contributed by atoms with Gasteiger partial charge in [-0.1, -0.05) is 20.8 Å². The number of rotatable bonds is 5. The molecule has 0 aromatic heterocycles. The van der Waals surface area contributed by atoms with Crippen LogP contribution >= 0.6 is 0 Å². The van der Waals surface area contributed by atoms with Crippen LogP contribution in [0, 0.1) is 0 Å². The number of aliphatic hydroxyl groups excluding tert-OH is 1. The lowest BCUT2D eigenvalue weighted by Gasteiger charge is -2.36. The van der Waals surface area contributed by atoms with E-state index in [1.165, 1.54) is 0 Å². The Hall–Kier alpha value is 0.0969. The lowest BCUT2D eigenvalue weighted by molar-refractivity contribution is 0.00301. The summed E-state index contributed by atoms with van der Waals surface area (Å²) in [5.74, 6) is 0. The molecule has 1 fully saturated rings. The minimum absolute atomic E-state index is 0.0628. The predicted molar refractivity (Wildman–Crippen MR) is 72.7 cm³/mol. The molecule has 1 saturated heterocycles. The second-order valence-corrected chi connectivity index (χ2v) is 11.3. The summed E-state index contributed by atoms with van der Waals surface area (Å²) in [5, 5.41) is 9.27. The van der Waals surface area contributed by atoms with Crippen molar-refractivity contribution < 1.29 is 14.3 Å². The van der Waals surface area contributed by atoms with E-state index in [0.717, 1.165) is 25.9 Å². The van der Waals surface area contributed by atoms with Gasteiger partial charge in [0.15, 0.2) is 8.32 Å². The molecule has 0 saturated carbocycles. The summed E-state index contributed by atoms with van der Waals surface area (Å²) in [5.41, 5.74) is 0.